The molecule has 0 saturated heterocycles. The van der Waals surface area contributed by atoms with Crippen LogP contribution in [0.5, 0.6) is 5.75 Å². The molecule has 0 heterocycles. The van der Waals surface area contributed by atoms with Gasteiger partial charge in [0, 0.05) is 18.9 Å². The highest BCUT2D eigenvalue weighted by Crippen LogP contribution is 2.27. The summed E-state index contributed by atoms with van der Waals surface area (Å²) in [4.78, 5) is 0. The maximum atomic E-state index is 14.0. The lowest BCUT2D eigenvalue weighted by molar-refractivity contribution is 0.123. The lowest BCUT2D eigenvalue weighted by Gasteiger charge is -2.16. The van der Waals surface area contributed by atoms with Crippen LogP contribution in [0.15, 0.2) is 42.4 Å². The molecule has 2 nitrogen and oxygen atoms in total. The molecular formula is C19H26F2O2. The molecule has 4 heteroatoms. The number of rotatable bonds is 10. The first-order valence-electron chi connectivity index (χ1n) is 8.09. The van der Waals surface area contributed by atoms with E-state index < -0.39 is 5.83 Å². The third-order valence-corrected chi connectivity index (χ3v) is 3.38. The molecule has 128 valence electrons. The zero-order valence-corrected chi connectivity index (χ0v) is 14.2. The second kappa shape index (κ2) is 10.2. The lowest BCUT2D eigenvalue weighted by Crippen LogP contribution is -2.07. The Labute approximate surface area is 137 Å². The van der Waals surface area contributed by atoms with Gasteiger partial charge in [-0.15, -0.1) is 0 Å². The van der Waals surface area contributed by atoms with Gasteiger partial charge < -0.3 is 9.47 Å². The molecule has 0 amide bonds. The number of hydrogen-bond donors (Lipinski definition) is 0. The van der Waals surface area contributed by atoms with Crippen LogP contribution in [0.25, 0.3) is 0 Å². The fourth-order valence-corrected chi connectivity index (χ4v) is 2.16. The average Bonchev–Trinajstić information content (AvgIpc) is 2.55. The van der Waals surface area contributed by atoms with Crippen molar-refractivity contribution in [2.45, 2.75) is 46.0 Å². The Balaban J connectivity index is 2.93. The van der Waals surface area contributed by atoms with E-state index in [1.807, 2.05) is 20.8 Å². The summed E-state index contributed by atoms with van der Waals surface area (Å²) in [6, 6.07) is 4.46. The molecule has 0 bridgehead atoms. The summed E-state index contributed by atoms with van der Waals surface area (Å²) in [6.07, 6.45) is 3.24. The van der Waals surface area contributed by atoms with Gasteiger partial charge in [0.25, 0.3) is 0 Å². The van der Waals surface area contributed by atoms with Crippen LogP contribution in [0.3, 0.4) is 0 Å². The van der Waals surface area contributed by atoms with Crippen molar-refractivity contribution < 1.29 is 18.3 Å². The van der Waals surface area contributed by atoms with E-state index in [2.05, 4.69) is 6.58 Å². The molecule has 0 aromatic heterocycles. The predicted octanol–water partition coefficient (Wildman–Crippen LogP) is 5.90. The van der Waals surface area contributed by atoms with E-state index in [1.165, 1.54) is 12.1 Å². The summed E-state index contributed by atoms with van der Waals surface area (Å²) < 4.78 is 38.9. The zero-order chi connectivity index (χ0) is 17.2. The van der Waals surface area contributed by atoms with E-state index in [0.717, 1.165) is 18.9 Å². The van der Waals surface area contributed by atoms with Crippen molar-refractivity contribution in [2.24, 2.45) is 0 Å². The van der Waals surface area contributed by atoms with Crippen molar-refractivity contribution in [3.63, 3.8) is 0 Å². The van der Waals surface area contributed by atoms with Crippen molar-refractivity contribution in [3.8, 4) is 5.75 Å². The summed E-state index contributed by atoms with van der Waals surface area (Å²) in [5.41, 5.74) is 0.508. The Hall–Kier alpha value is -1.68. The van der Waals surface area contributed by atoms with Gasteiger partial charge in [-0.1, -0.05) is 27.4 Å². The van der Waals surface area contributed by atoms with E-state index >= 15 is 0 Å². The van der Waals surface area contributed by atoms with Gasteiger partial charge >= 0.3 is 0 Å². The van der Waals surface area contributed by atoms with Crippen molar-refractivity contribution >= 4 is 0 Å². The third-order valence-electron chi connectivity index (χ3n) is 3.38. The Morgan fingerprint density at radius 1 is 1.30 bits per heavy atom. The minimum absolute atomic E-state index is 0.104. The summed E-state index contributed by atoms with van der Waals surface area (Å²) in [5.74, 6) is -0.265. The third kappa shape index (κ3) is 6.14. The molecule has 0 aliphatic rings. The minimum Gasteiger partial charge on any atom is -0.459 e. The molecule has 0 aliphatic carbocycles. The Bertz CT molecular complexity index is 538. The van der Waals surface area contributed by atoms with Crippen LogP contribution in [0.4, 0.5) is 8.78 Å². The van der Waals surface area contributed by atoms with Gasteiger partial charge in [0.2, 0.25) is 0 Å². The molecule has 1 rings (SSSR count). The molecular weight excluding hydrogens is 298 g/mol. The quantitative estimate of drug-likeness (QED) is 0.303. The highest BCUT2D eigenvalue weighted by atomic mass is 19.1. The summed E-state index contributed by atoms with van der Waals surface area (Å²) in [5, 5.41) is 0. The predicted molar refractivity (Wildman–Crippen MR) is 89.8 cm³/mol. The molecule has 0 saturated carbocycles. The monoisotopic (exact) mass is 324 g/mol. The van der Waals surface area contributed by atoms with Gasteiger partial charge in [-0.3, -0.25) is 0 Å². The maximum Gasteiger partial charge on any atom is 0.160 e. The van der Waals surface area contributed by atoms with Gasteiger partial charge in [-0.25, -0.2) is 8.78 Å². The van der Waals surface area contributed by atoms with Crippen molar-refractivity contribution in [1.29, 1.82) is 0 Å². The number of hydrogen-bond acceptors (Lipinski definition) is 2. The Kier molecular flexibility index (Phi) is 8.56. The van der Waals surface area contributed by atoms with Crippen LogP contribution in [-0.2, 0) is 4.74 Å². The molecule has 23 heavy (non-hydrogen) atoms. The Morgan fingerprint density at radius 3 is 2.65 bits per heavy atom. The topological polar surface area (TPSA) is 18.5 Å². The van der Waals surface area contributed by atoms with Crippen LogP contribution >= 0.6 is 0 Å². The Morgan fingerprint density at radius 2 is 2.04 bits per heavy atom. The number of halogens is 2. The smallest absolute Gasteiger partial charge is 0.160 e. The summed E-state index contributed by atoms with van der Waals surface area (Å²) >= 11 is 0. The fraction of sp³-hybridized carbons (Fsp3) is 0.474. The van der Waals surface area contributed by atoms with E-state index in [9.17, 15) is 8.78 Å². The normalized spacial score (nSPS) is 13.4. The molecule has 1 atom stereocenters. The molecule has 1 aromatic rings. The molecule has 0 aliphatic heterocycles. The fourth-order valence-electron chi connectivity index (χ4n) is 2.16. The molecule has 0 N–H and O–H groups in total. The second-order valence-electron chi connectivity index (χ2n) is 5.49. The van der Waals surface area contributed by atoms with Crippen molar-refractivity contribution in [3.05, 3.63) is 53.8 Å². The molecule has 0 fully saturated rings. The van der Waals surface area contributed by atoms with Crippen LogP contribution in [0.2, 0.25) is 0 Å². The van der Waals surface area contributed by atoms with Crippen LogP contribution < -0.4 is 4.74 Å². The average molecular weight is 324 g/mol. The number of allylic oxidation sites excluding steroid dienone is 3. The molecule has 1 unspecified atom stereocenters. The summed E-state index contributed by atoms with van der Waals surface area (Å²) in [6.45, 7) is 10.4. The van der Waals surface area contributed by atoms with Crippen LogP contribution in [0, 0.1) is 5.82 Å². The van der Waals surface area contributed by atoms with Gasteiger partial charge in [0.1, 0.15) is 17.3 Å². The minimum atomic E-state index is -0.489. The van der Waals surface area contributed by atoms with Gasteiger partial charge in [0.15, 0.2) is 5.83 Å². The number of benzene rings is 1. The van der Waals surface area contributed by atoms with E-state index in [-0.39, 0.29) is 17.5 Å². The first kappa shape index (κ1) is 19.4. The van der Waals surface area contributed by atoms with Crippen molar-refractivity contribution in [1.82, 2.24) is 0 Å². The first-order chi connectivity index (χ1) is 11.0. The first-order valence-corrected chi connectivity index (χ1v) is 8.09. The second-order valence-corrected chi connectivity index (χ2v) is 5.49. The highest BCUT2D eigenvalue weighted by Gasteiger charge is 2.14. The zero-order valence-electron chi connectivity index (χ0n) is 14.2. The number of ether oxygens (including phenoxy) is 2. The van der Waals surface area contributed by atoms with Crippen molar-refractivity contribution in [2.75, 3.05) is 13.2 Å². The van der Waals surface area contributed by atoms with E-state index in [1.54, 1.807) is 6.07 Å². The van der Waals surface area contributed by atoms with Gasteiger partial charge in [-0.05, 0) is 42.7 Å². The molecule has 1 aromatic carbocycles. The van der Waals surface area contributed by atoms with E-state index in [0.29, 0.717) is 30.9 Å². The largest absolute Gasteiger partial charge is 0.459 e. The maximum absolute atomic E-state index is 14.0. The lowest BCUT2D eigenvalue weighted by atomic mass is 10.0. The SMILES string of the molecule is C=C/C(F)=C(\CCC)Oc1ccc(F)c(C(C)COCCC)c1. The standard InChI is InChI=1S/C19H26F2O2/c1-5-8-19(17(20)7-3)23-15-9-10-18(21)16(12-15)14(4)13-22-11-6-2/h7,9-10,12,14H,3,5-6,8,11,13H2,1-2,4H3/b19-17-. The van der Waals surface area contributed by atoms with Gasteiger partial charge in [0.05, 0.1) is 6.61 Å². The highest BCUT2D eigenvalue weighted by molar-refractivity contribution is 5.34. The van der Waals surface area contributed by atoms with Crippen LogP contribution in [-0.4, -0.2) is 13.2 Å². The summed E-state index contributed by atoms with van der Waals surface area (Å²) in [7, 11) is 0. The molecule has 0 radical (unpaired) electrons. The van der Waals surface area contributed by atoms with Gasteiger partial charge in [-0.2, -0.15) is 0 Å². The van der Waals surface area contributed by atoms with Crippen LogP contribution in [0.1, 0.15) is 51.5 Å². The van der Waals surface area contributed by atoms with E-state index in [4.69, 9.17) is 9.47 Å². The molecule has 0 spiro atoms.